The van der Waals surface area contributed by atoms with Crippen LogP contribution < -0.4 is 10.9 Å². The number of allylic oxidation sites excluding steroid dienone is 1. The number of carbonyl (C=O) groups excluding carboxylic acids is 1. The van der Waals surface area contributed by atoms with Crippen LogP contribution in [0.2, 0.25) is 0 Å². The Balaban J connectivity index is 1.72. The highest BCUT2D eigenvalue weighted by molar-refractivity contribution is 5.89. The number of aromatic hydroxyl groups is 2. The van der Waals surface area contributed by atoms with Crippen LogP contribution in [0.3, 0.4) is 0 Å². The third-order valence-electron chi connectivity index (χ3n) is 4.90. The molecule has 1 aliphatic carbocycles. The topological polar surface area (TPSA) is 99.8 Å². The van der Waals surface area contributed by atoms with Crippen LogP contribution in [-0.2, 0) is 11.2 Å². The normalized spacial score (nSPS) is 14.3. The number of phenols is 2. The Kier molecular flexibility index (Phi) is 5.30. The molecule has 6 heteroatoms. The molecule has 0 saturated heterocycles. The van der Waals surface area contributed by atoms with E-state index >= 15 is 0 Å². The van der Waals surface area contributed by atoms with Gasteiger partial charge in [0.05, 0.1) is 12.0 Å². The Morgan fingerprint density at radius 2 is 2.08 bits per heavy atom. The van der Waals surface area contributed by atoms with E-state index in [9.17, 15) is 19.8 Å². The van der Waals surface area contributed by atoms with E-state index < -0.39 is 11.4 Å². The van der Waals surface area contributed by atoms with Crippen molar-refractivity contribution in [3.05, 3.63) is 45.3 Å². The Morgan fingerprint density at radius 3 is 2.81 bits per heavy atom. The monoisotopic (exact) mass is 357 g/mol. The van der Waals surface area contributed by atoms with Crippen molar-refractivity contribution in [3.8, 4) is 11.5 Å². The first kappa shape index (κ1) is 18.0. The summed E-state index contributed by atoms with van der Waals surface area (Å²) in [4.78, 5) is 24.4. The number of carbonyl (C=O) groups is 1. The van der Waals surface area contributed by atoms with Crippen molar-refractivity contribution < 1.29 is 19.4 Å². The van der Waals surface area contributed by atoms with Gasteiger partial charge in [0.15, 0.2) is 11.3 Å². The summed E-state index contributed by atoms with van der Waals surface area (Å²) in [6.07, 6.45) is 7.66. The number of fused-ring (bicyclic) bond motifs is 1. The fraction of sp³-hybridized carbons (Fsp3) is 0.400. The number of aryl methyl sites for hydroxylation is 1. The molecule has 2 aromatic rings. The first-order valence-electron chi connectivity index (χ1n) is 8.89. The van der Waals surface area contributed by atoms with Crippen molar-refractivity contribution in [1.82, 2.24) is 5.32 Å². The molecule has 0 radical (unpaired) electrons. The van der Waals surface area contributed by atoms with Gasteiger partial charge in [-0.2, -0.15) is 0 Å². The molecule has 1 heterocycles. The van der Waals surface area contributed by atoms with Crippen molar-refractivity contribution in [1.29, 1.82) is 0 Å². The lowest BCUT2D eigenvalue weighted by Gasteiger charge is -2.13. The molecule has 3 N–H and O–H groups in total. The lowest BCUT2D eigenvalue weighted by Crippen LogP contribution is -2.29. The quantitative estimate of drug-likeness (QED) is 0.434. The molecule has 0 bridgehead atoms. The molecule has 0 unspecified atom stereocenters. The smallest absolute Gasteiger partial charge is 0.340 e. The van der Waals surface area contributed by atoms with Gasteiger partial charge < -0.3 is 19.9 Å². The van der Waals surface area contributed by atoms with E-state index in [-0.39, 0.29) is 29.2 Å². The lowest BCUT2D eigenvalue weighted by molar-refractivity contribution is -0.120. The third kappa shape index (κ3) is 3.74. The van der Waals surface area contributed by atoms with E-state index in [4.69, 9.17) is 4.42 Å². The predicted molar refractivity (Wildman–Crippen MR) is 98.4 cm³/mol. The maximum atomic E-state index is 12.2. The van der Waals surface area contributed by atoms with Gasteiger partial charge in [0.2, 0.25) is 11.7 Å². The van der Waals surface area contributed by atoms with Crippen LogP contribution in [0.25, 0.3) is 11.0 Å². The largest absolute Gasteiger partial charge is 0.504 e. The molecule has 0 saturated carbocycles. The minimum atomic E-state index is -0.680. The van der Waals surface area contributed by atoms with Gasteiger partial charge >= 0.3 is 5.63 Å². The molecule has 138 valence electrons. The first-order chi connectivity index (χ1) is 12.5. The van der Waals surface area contributed by atoms with Gasteiger partial charge in [-0.3, -0.25) is 4.79 Å². The van der Waals surface area contributed by atoms with Crippen LogP contribution in [0, 0.1) is 6.92 Å². The number of nitrogens with one attached hydrogen (secondary N) is 1. The van der Waals surface area contributed by atoms with E-state index in [1.165, 1.54) is 24.5 Å². The molecule has 0 fully saturated rings. The van der Waals surface area contributed by atoms with Gasteiger partial charge in [0, 0.05) is 11.9 Å². The number of hydrogen-bond acceptors (Lipinski definition) is 5. The zero-order valence-electron chi connectivity index (χ0n) is 14.8. The summed E-state index contributed by atoms with van der Waals surface area (Å²) in [7, 11) is 0. The first-order valence-corrected chi connectivity index (χ1v) is 8.89. The SMILES string of the molecule is Cc1c(CC(=O)NCCC2=CCCCC2)c(=O)oc2c(O)c(O)ccc12. The van der Waals surface area contributed by atoms with E-state index in [1.54, 1.807) is 13.0 Å². The predicted octanol–water partition coefficient (Wildman–Crippen LogP) is 3.06. The summed E-state index contributed by atoms with van der Waals surface area (Å²) in [5.41, 5.74) is 1.46. The summed E-state index contributed by atoms with van der Waals surface area (Å²) in [5, 5.41) is 22.7. The maximum Gasteiger partial charge on any atom is 0.340 e. The van der Waals surface area contributed by atoms with Crippen LogP contribution in [0.4, 0.5) is 0 Å². The van der Waals surface area contributed by atoms with Gasteiger partial charge in [-0.1, -0.05) is 11.6 Å². The van der Waals surface area contributed by atoms with E-state index in [1.807, 2.05) is 0 Å². The second-order valence-corrected chi connectivity index (χ2v) is 6.69. The molecule has 6 nitrogen and oxygen atoms in total. The highest BCUT2D eigenvalue weighted by Gasteiger charge is 2.18. The molecule has 0 atom stereocenters. The summed E-state index contributed by atoms with van der Waals surface area (Å²) >= 11 is 0. The van der Waals surface area contributed by atoms with Crippen molar-refractivity contribution in [2.24, 2.45) is 0 Å². The molecular formula is C20H23NO5. The summed E-state index contributed by atoms with van der Waals surface area (Å²) in [5.74, 6) is -1.07. The van der Waals surface area contributed by atoms with Gasteiger partial charge in [-0.15, -0.1) is 0 Å². The highest BCUT2D eigenvalue weighted by atomic mass is 16.4. The number of rotatable bonds is 5. The second-order valence-electron chi connectivity index (χ2n) is 6.69. The van der Waals surface area contributed by atoms with E-state index in [0.717, 1.165) is 19.3 Å². The summed E-state index contributed by atoms with van der Waals surface area (Å²) in [6.45, 7) is 2.25. The minimum absolute atomic E-state index is 0.0686. The van der Waals surface area contributed by atoms with Gasteiger partial charge in [0.1, 0.15) is 0 Å². The van der Waals surface area contributed by atoms with Crippen molar-refractivity contribution in [3.63, 3.8) is 0 Å². The molecule has 1 aliphatic rings. The van der Waals surface area contributed by atoms with Gasteiger partial charge in [0.25, 0.3) is 0 Å². The third-order valence-corrected chi connectivity index (χ3v) is 4.90. The Hall–Kier alpha value is -2.76. The van der Waals surface area contributed by atoms with Crippen LogP contribution in [0.1, 0.15) is 43.2 Å². The Bertz CT molecular complexity index is 926. The Labute approximate surface area is 151 Å². The highest BCUT2D eigenvalue weighted by Crippen LogP contribution is 2.34. The molecule has 0 aliphatic heterocycles. The zero-order valence-corrected chi connectivity index (χ0v) is 14.8. The van der Waals surface area contributed by atoms with E-state index in [2.05, 4.69) is 11.4 Å². The second kappa shape index (κ2) is 7.64. The molecule has 26 heavy (non-hydrogen) atoms. The van der Waals surface area contributed by atoms with Crippen molar-refractivity contribution in [2.45, 2.75) is 45.4 Å². The average molecular weight is 357 g/mol. The fourth-order valence-electron chi connectivity index (χ4n) is 3.35. The number of amides is 1. The zero-order chi connectivity index (χ0) is 18.7. The van der Waals surface area contributed by atoms with Crippen LogP contribution in [-0.4, -0.2) is 22.7 Å². The Morgan fingerprint density at radius 1 is 1.27 bits per heavy atom. The molecule has 0 spiro atoms. The summed E-state index contributed by atoms with van der Waals surface area (Å²) in [6, 6.07) is 2.88. The van der Waals surface area contributed by atoms with Crippen LogP contribution >= 0.6 is 0 Å². The van der Waals surface area contributed by atoms with Gasteiger partial charge in [-0.05, 0) is 56.7 Å². The molecule has 3 rings (SSSR count). The molecule has 1 aromatic heterocycles. The molecular weight excluding hydrogens is 334 g/mol. The number of hydrogen-bond donors (Lipinski definition) is 3. The molecule has 1 aromatic carbocycles. The van der Waals surface area contributed by atoms with Crippen molar-refractivity contribution in [2.75, 3.05) is 6.54 Å². The van der Waals surface area contributed by atoms with Gasteiger partial charge in [-0.25, -0.2) is 4.79 Å². The van der Waals surface area contributed by atoms with Crippen LogP contribution in [0.15, 0.2) is 33.0 Å². The molecule has 1 amide bonds. The minimum Gasteiger partial charge on any atom is -0.504 e. The summed E-state index contributed by atoms with van der Waals surface area (Å²) < 4.78 is 5.13. The van der Waals surface area contributed by atoms with E-state index in [0.29, 0.717) is 17.5 Å². The number of benzene rings is 1. The van der Waals surface area contributed by atoms with Crippen molar-refractivity contribution >= 4 is 16.9 Å². The average Bonchev–Trinajstić information content (AvgIpc) is 2.63. The lowest BCUT2D eigenvalue weighted by atomic mass is 9.97. The fourth-order valence-corrected chi connectivity index (χ4v) is 3.35. The standard InChI is InChI=1S/C20H23NO5/c1-12-14-7-8-16(22)18(24)19(14)26-20(25)15(12)11-17(23)21-10-9-13-5-3-2-4-6-13/h5,7-8,22,24H,2-4,6,9-11H2,1H3,(H,21,23). The van der Waals surface area contributed by atoms with Crippen LogP contribution in [0.5, 0.6) is 11.5 Å². The number of phenolic OH excluding ortho intramolecular Hbond substituents is 2. The maximum absolute atomic E-state index is 12.2.